The van der Waals surface area contributed by atoms with Crippen LogP contribution in [0.25, 0.3) is 11.3 Å². The summed E-state index contributed by atoms with van der Waals surface area (Å²) < 4.78 is 47.5. The summed E-state index contributed by atoms with van der Waals surface area (Å²) in [5.74, 6) is -0.462. The number of ether oxygens (including phenoxy) is 1. The summed E-state index contributed by atoms with van der Waals surface area (Å²) in [5, 5.41) is 0. The van der Waals surface area contributed by atoms with E-state index < -0.39 is 37.7 Å². The Kier molecular flexibility index (Phi) is 7.09. The second-order valence-corrected chi connectivity index (χ2v) is 11.1. The number of rotatable bonds is 7. The summed E-state index contributed by atoms with van der Waals surface area (Å²) in [4.78, 5) is 33.8. The average molecular weight is 529 g/mol. The van der Waals surface area contributed by atoms with Crippen LogP contribution < -0.4 is 19.9 Å². The molecular weight excluding hydrogens is 499 g/mol. The van der Waals surface area contributed by atoms with Gasteiger partial charge in [-0.2, -0.15) is 0 Å². The molecule has 196 valence electrons. The fourth-order valence-corrected chi connectivity index (χ4v) is 5.45. The van der Waals surface area contributed by atoms with Crippen LogP contribution in [0.3, 0.4) is 0 Å². The minimum atomic E-state index is -4.46. The minimum absolute atomic E-state index is 0.0104. The lowest BCUT2D eigenvalue weighted by Gasteiger charge is -2.36. The van der Waals surface area contributed by atoms with Crippen molar-refractivity contribution in [2.24, 2.45) is 5.92 Å². The first-order valence-electron chi connectivity index (χ1n) is 11.9. The molecule has 1 fully saturated rings. The third kappa shape index (κ3) is 5.08. The van der Waals surface area contributed by atoms with Gasteiger partial charge in [0.25, 0.3) is 21.5 Å². The molecule has 3 aromatic rings. The van der Waals surface area contributed by atoms with Crippen LogP contribution in [0.1, 0.15) is 44.5 Å². The number of hydrogen-bond donors (Lipinski definition) is 2. The number of amides is 1. The number of sulfonamides is 1. The van der Waals surface area contributed by atoms with Gasteiger partial charge in [-0.05, 0) is 75.6 Å². The molecular formula is C26H29FN4O5S. The van der Waals surface area contributed by atoms with Crippen molar-refractivity contribution in [2.45, 2.75) is 44.6 Å². The summed E-state index contributed by atoms with van der Waals surface area (Å²) in [5.41, 5.74) is -0.464. The zero-order valence-corrected chi connectivity index (χ0v) is 21.9. The molecule has 37 heavy (non-hydrogen) atoms. The summed E-state index contributed by atoms with van der Waals surface area (Å²) in [6.45, 7) is 8.89. The molecule has 1 aliphatic heterocycles. The number of aromatic nitrogens is 2. The highest BCUT2D eigenvalue weighted by molar-refractivity contribution is 7.90. The highest BCUT2D eigenvalue weighted by Gasteiger charge is 2.41. The van der Waals surface area contributed by atoms with Crippen LogP contribution in [0.15, 0.2) is 58.4 Å². The largest absolute Gasteiger partial charge is 0.493 e. The number of H-pyrrole nitrogens is 1. The molecule has 0 saturated carbocycles. The fourth-order valence-electron chi connectivity index (χ4n) is 4.42. The number of pyridine rings is 2. The van der Waals surface area contributed by atoms with Crippen LogP contribution in [0.4, 0.5) is 10.2 Å². The molecule has 11 heteroatoms. The number of carbonyl (C=O) groups is 1. The molecule has 1 atom stereocenters. The maximum absolute atomic E-state index is 14.2. The van der Waals surface area contributed by atoms with Crippen LogP contribution in [0.5, 0.6) is 5.75 Å². The van der Waals surface area contributed by atoms with E-state index in [-0.39, 0.29) is 17.3 Å². The molecule has 2 aromatic heterocycles. The van der Waals surface area contributed by atoms with Crippen LogP contribution in [-0.4, -0.2) is 43.0 Å². The van der Waals surface area contributed by atoms with Crippen molar-refractivity contribution in [1.82, 2.24) is 14.7 Å². The number of nitrogens with zero attached hydrogens (tertiary/aromatic N) is 2. The number of anilines is 1. The fraction of sp³-hybridized carbons (Fsp3) is 0.346. The van der Waals surface area contributed by atoms with Crippen molar-refractivity contribution < 1.29 is 22.3 Å². The molecule has 1 unspecified atom stereocenters. The summed E-state index contributed by atoms with van der Waals surface area (Å²) in [6, 6.07) is 9.55. The van der Waals surface area contributed by atoms with Gasteiger partial charge in [0.05, 0.1) is 17.9 Å². The van der Waals surface area contributed by atoms with Gasteiger partial charge in [-0.25, -0.2) is 22.5 Å². The highest BCUT2D eigenvalue weighted by Crippen LogP contribution is 2.40. The van der Waals surface area contributed by atoms with Crippen molar-refractivity contribution in [1.29, 1.82) is 0 Å². The Morgan fingerprint density at radius 1 is 1.27 bits per heavy atom. The topological polar surface area (TPSA) is 121 Å². The summed E-state index contributed by atoms with van der Waals surface area (Å²) in [6.07, 6.45) is 2.13. The van der Waals surface area contributed by atoms with E-state index in [1.807, 2.05) is 30.4 Å². The molecule has 1 amide bonds. The van der Waals surface area contributed by atoms with E-state index in [4.69, 9.17) is 9.72 Å². The molecule has 0 radical (unpaired) electrons. The van der Waals surface area contributed by atoms with E-state index in [1.54, 1.807) is 0 Å². The van der Waals surface area contributed by atoms with E-state index in [2.05, 4.69) is 11.9 Å². The Labute approximate surface area is 214 Å². The van der Waals surface area contributed by atoms with Crippen molar-refractivity contribution in [2.75, 3.05) is 18.1 Å². The number of halogens is 1. The summed E-state index contributed by atoms with van der Waals surface area (Å²) in [7, 11) is -4.46. The van der Waals surface area contributed by atoms with Gasteiger partial charge in [0.15, 0.2) is 4.90 Å². The standard InChI is InChI=1S/C26H29FN4O5S/c1-5-36-21-11-8-17(27)15-19(21)20-10-9-18(23(29-20)31-14-12-16(2)26(31,3)4)24(32)30-37(34,35)22-7-6-13-28-25(22)33/h6-11,13,15-16H,5,12,14H2,1-4H3,(H,28,33)(H,30,32). The lowest BCUT2D eigenvalue weighted by atomic mass is 9.90. The normalized spacial score (nSPS) is 17.0. The molecule has 0 aliphatic carbocycles. The number of hydrogen-bond acceptors (Lipinski definition) is 7. The van der Waals surface area contributed by atoms with Crippen molar-refractivity contribution >= 4 is 21.7 Å². The molecule has 0 bridgehead atoms. The predicted molar refractivity (Wildman–Crippen MR) is 138 cm³/mol. The Hall–Kier alpha value is -3.73. The van der Waals surface area contributed by atoms with Crippen LogP contribution in [-0.2, 0) is 10.0 Å². The molecule has 9 nitrogen and oxygen atoms in total. The number of aromatic amines is 1. The Morgan fingerprint density at radius 2 is 2.03 bits per heavy atom. The average Bonchev–Trinajstić information content (AvgIpc) is 3.11. The van der Waals surface area contributed by atoms with Gasteiger partial charge >= 0.3 is 0 Å². The lowest BCUT2D eigenvalue weighted by Crippen LogP contribution is -2.44. The maximum atomic E-state index is 14.2. The molecule has 2 N–H and O–H groups in total. The van der Waals surface area contributed by atoms with Gasteiger partial charge in [-0.1, -0.05) is 6.92 Å². The second-order valence-electron chi connectivity index (χ2n) is 9.43. The third-order valence-corrected chi connectivity index (χ3v) is 8.23. The Morgan fingerprint density at radius 3 is 2.68 bits per heavy atom. The van der Waals surface area contributed by atoms with Gasteiger partial charge in [0, 0.05) is 23.8 Å². The van der Waals surface area contributed by atoms with Gasteiger partial charge in [0.1, 0.15) is 17.4 Å². The third-order valence-electron chi connectivity index (χ3n) is 6.88. The van der Waals surface area contributed by atoms with E-state index >= 15 is 0 Å². The van der Waals surface area contributed by atoms with Crippen LogP contribution in [0, 0.1) is 11.7 Å². The van der Waals surface area contributed by atoms with Gasteiger partial charge in [-0.3, -0.25) is 9.59 Å². The smallest absolute Gasteiger partial charge is 0.269 e. The van der Waals surface area contributed by atoms with Crippen LogP contribution in [0.2, 0.25) is 0 Å². The van der Waals surface area contributed by atoms with Crippen molar-refractivity contribution in [3.63, 3.8) is 0 Å². The van der Waals surface area contributed by atoms with Crippen molar-refractivity contribution in [3.05, 3.63) is 70.4 Å². The zero-order chi connectivity index (χ0) is 27.0. The SMILES string of the molecule is CCOc1ccc(F)cc1-c1ccc(C(=O)NS(=O)(=O)c2ccc[nH]c2=O)c(N2CCC(C)C2(C)C)n1. The molecule has 1 aromatic carbocycles. The van der Waals surface area contributed by atoms with E-state index in [1.165, 1.54) is 42.6 Å². The van der Waals surface area contributed by atoms with Crippen molar-refractivity contribution in [3.8, 4) is 17.0 Å². The quantitative estimate of drug-likeness (QED) is 0.479. The first kappa shape index (κ1) is 26.3. The maximum Gasteiger partial charge on any atom is 0.269 e. The molecule has 3 heterocycles. The second kappa shape index (κ2) is 9.97. The van der Waals surface area contributed by atoms with Gasteiger partial charge in [0.2, 0.25) is 0 Å². The predicted octanol–water partition coefficient (Wildman–Crippen LogP) is 3.72. The van der Waals surface area contributed by atoms with Gasteiger partial charge < -0.3 is 14.6 Å². The summed E-state index contributed by atoms with van der Waals surface area (Å²) >= 11 is 0. The highest BCUT2D eigenvalue weighted by atomic mass is 32.2. The van der Waals surface area contributed by atoms with E-state index in [0.717, 1.165) is 12.5 Å². The van der Waals surface area contributed by atoms with Crippen LogP contribution >= 0.6 is 0 Å². The zero-order valence-electron chi connectivity index (χ0n) is 21.0. The number of benzene rings is 1. The first-order chi connectivity index (χ1) is 17.5. The van der Waals surface area contributed by atoms with E-state index in [9.17, 15) is 22.4 Å². The number of carbonyl (C=O) groups excluding carboxylic acids is 1. The monoisotopic (exact) mass is 528 g/mol. The minimum Gasteiger partial charge on any atom is -0.493 e. The molecule has 1 saturated heterocycles. The van der Waals surface area contributed by atoms with E-state index in [0.29, 0.717) is 30.2 Å². The molecule has 0 spiro atoms. The molecule has 1 aliphatic rings. The lowest BCUT2D eigenvalue weighted by molar-refractivity contribution is 0.0981. The molecule has 4 rings (SSSR count). The van der Waals surface area contributed by atoms with Gasteiger partial charge in [-0.15, -0.1) is 0 Å². The Bertz CT molecular complexity index is 1500. The number of nitrogens with one attached hydrogen (secondary N) is 2. The Balaban J connectivity index is 1.83. The first-order valence-corrected chi connectivity index (χ1v) is 13.4.